The molecule has 0 aliphatic heterocycles. The fraction of sp³-hybridized carbons (Fsp3) is 0.538. The topological polar surface area (TPSA) is 26.0 Å². The molecule has 1 aromatic rings. The van der Waals surface area contributed by atoms with E-state index in [-0.39, 0.29) is 0 Å². The van der Waals surface area contributed by atoms with E-state index in [2.05, 4.69) is 40.2 Å². The van der Waals surface area contributed by atoms with E-state index in [1.165, 1.54) is 30.6 Å². The number of hydrogen-bond donors (Lipinski definition) is 1. The van der Waals surface area contributed by atoms with Crippen LogP contribution in [0.25, 0.3) is 0 Å². The predicted molar refractivity (Wildman–Crippen MR) is 74.8 cm³/mol. The highest BCUT2D eigenvalue weighted by Gasteiger charge is 2.20. The molecule has 1 nitrogen and oxygen atoms in total. The van der Waals surface area contributed by atoms with Gasteiger partial charge >= 0.3 is 0 Å². The molecule has 3 heteroatoms. The summed E-state index contributed by atoms with van der Waals surface area (Å²) < 4.78 is 1.14. The summed E-state index contributed by atoms with van der Waals surface area (Å²) in [5, 5.41) is 0. The lowest BCUT2D eigenvalue weighted by atomic mass is 9.81. The van der Waals surface area contributed by atoms with Gasteiger partial charge in [0.1, 0.15) is 0 Å². The van der Waals surface area contributed by atoms with Crippen LogP contribution in [0.1, 0.15) is 25.7 Å². The summed E-state index contributed by atoms with van der Waals surface area (Å²) in [4.78, 5) is 1.30. The van der Waals surface area contributed by atoms with E-state index in [1.54, 1.807) is 0 Å². The van der Waals surface area contributed by atoms with Crippen LogP contribution in [0.4, 0.5) is 0 Å². The van der Waals surface area contributed by atoms with Crippen molar-refractivity contribution in [1.82, 2.24) is 0 Å². The summed E-state index contributed by atoms with van der Waals surface area (Å²) in [6.07, 6.45) is 5.42. The molecule has 0 saturated heterocycles. The van der Waals surface area contributed by atoms with E-state index in [4.69, 9.17) is 5.73 Å². The average molecular weight is 300 g/mol. The largest absolute Gasteiger partial charge is 0.327 e. The lowest BCUT2D eigenvalue weighted by Gasteiger charge is -2.27. The van der Waals surface area contributed by atoms with Crippen molar-refractivity contribution < 1.29 is 0 Å². The monoisotopic (exact) mass is 299 g/mol. The molecule has 1 atom stereocenters. The van der Waals surface area contributed by atoms with Gasteiger partial charge in [-0.1, -0.05) is 41.3 Å². The van der Waals surface area contributed by atoms with E-state index in [0.717, 1.165) is 16.1 Å². The highest BCUT2D eigenvalue weighted by molar-refractivity contribution is 9.10. The average Bonchev–Trinajstić information content (AvgIpc) is 2.21. The Hall–Kier alpha value is 0.01000. The zero-order valence-electron chi connectivity index (χ0n) is 9.36. The molecule has 1 aliphatic carbocycles. The van der Waals surface area contributed by atoms with Gasteiger partial charge in [-0.3, -0.25) is 0 Å². The highest BCUT2D eigenvalue weighted by atomic mass is 79.9. The summed E-state index contributed by atoms with van der Waals surface area (Å²) in [5.74, 6) is 1.95. The van der Waals surface area contributed by atoms with Gasteiger partial charge in [-0.2, -0.15) is 0 Å². The molecule has 0 heterocycles. The molecule has 1 aliphatic rings. The van der Waals surface area contributed by atoms with E-state index < -0.39 is 0 Å². The Morgan fingerprint density at radius 3 is 2.88 bits per heavy atom. The first-order valence-electron chi connectivity index (χ1n) is 5.88. The fourth-order valence-electron chi connectivity index (χ4n) is 1.98. The van der Waals surface area contributed by atoms with E-state index in [0.29, 0.717) is 6.04 Å². The highest BCUT2D eigenvalue weighted by Crippen LogP contribution is 2.31. The van der Waals surface area contributed by atoms with Crippen molar-refractivity contribution in [2.75, 3.05) is 5.75 Å². The van der Waals surface area contributed by atoms with Gasteiger partial charge in [-0.15, -0.1) is 11.8 Å². The second kappa shape index (κ2) is 6.08. The minimum absolute atomic E-state index is 0.356. The Labute approximate surface area is 110 Å². The van der Waals surface area contributed by atoms with Crippen molar-refractivity contribution in [1.29, 1.82) is 0 Å². The molecule has 1 fully saturated rings. The molecule has 16 heavy (non-hydrogen) atoms. The first-order valence-corrected chi connectivity index (χ1v) is 7.66. The van der Waals surface area contributed by atoms with Gasteiger partial charge in [0.15, 0.2) is 0 Å². The number of thioether (sulfide) groups is 1. The number of hydrogen-bond acceptors (Lipinski definition) is 2. The third-order valence-corrected chi connectivity index (χ3v) is 4.80. The third kappa shape index (κ3) is 3.79. The van der Waals surface area contributed by atoms with Gasteiger partial charge in [0.2, 0.25) is 0 Å². The smallest absolute Gasteiger partial charge is 0.0186 e. The minimum Gasteiger partial charge on any atom is -0.327 e. The second-order valence-corrected chi connectivity index (χ2v) is 6.57. The maximum Gasteiger partial charge on any atom is 0.0186 e. The quantitative estimate of drug-likeness (QED) is 0.830. The maximum absolute atomic E-state index is 6.14. The lowest BCUT2D eigenvalue weighted by Crippen LogP contribution is -2.28. The van der Waals surface area contributed by atoms with Gasteiger partial charge in [-0.25, -0.2) is 0 Å². The standard InChI is InChI=1S/C13H18BrNS/c14-11-5-2-6-13(8-11)16-9-12(15)7-10-3-1-4-10/h2,5-6,8,10,12H,1,3-4,7,9,15H2. The molecule has 0 aromatic heterocycles. The van der Waals surface area contributed by atoms with Crippen LogP contribution in [0.3, 0.4) is 0 Å². The summed E-state index contributed by atoms with van der Waals surface area (Å²) in [6.45, 7) is 0. The molecule has 0 radical (unpaired) electrons. The van der Waals surface area contributed by atoms with Gasteiger partial charge in [0.25, 0.3) is 0 Å². The molecule has 0 bridgehead atoms. The first kappa shape index (κ1) is 12.5. The first-order chi connectivity index (χ1) is 7.74. The van der Waals surface area contributed by atoms with E-state index >= 15 is 0 Å². The van der Waals surface area contributed by atoms with Crippen LogP contribution < -0.4 is 5.73 Å². The number of nitrogens with two attached hydrogens (primary N) is 1. The molecule has 2 rings (SSSR count). The Bertz CT molecular complexity index is 338. The molecule has 88 valence electrons. The normalized spacial score (nSPS) is 18.1. The molecular weight excluding hydrogens is 282 g/mol. The molecule has 1 aromatic carbocycles. The molecule has 0 spiro atoms. The molecule has 0 amide bonds. The Morgan fingerprint density at radius 1 is 1.44 bits per heavy atom. The molecule has 1 unspecified atom stereocenters. The van der Waals surface area contributed by atoms with Crippen LogP contribution >= 0.6 is 27.7 Å². The third-order valence-electron chi connectivity index (χ3n) is 3.12. The van der Waals surface area contributed by atoms with Crippen molar-refractivity contribution >= 4 is 27.7 Å². The van der Waals surface area contributed by atoms with Crippen molar-refractivity contribution in [2.24, 2.45) is 11.7 Å². The van der Waals surface area contributed by atoms with Crippen LogP contribution in [-0.2, 0) is 0 Å². The van der Waals surface area contributed by atoms with Crippen molar-refractivity contribution in [2.45, 2.75) is 36.6 Å². The molecular formula is C13H18BrNS. The fourth-order valence-corrected chi connectivity index (χ4v) is 3.46. The maximum atomic E-state index is 6.14. The summed E-state index contributed by atoms with van der Waals surface area (Å²) in [5.41, 5.74) is 6.14. The van der Waals surface area contributed by atoms with Gasteiger partial charge in [-0.05, 0) is 30.5 Å². The summed E-state index contributed by atoms with van der Waals surface area (Å²) >= 11 is 5.35. The van der Waals surface area contributed by atoms with Crippen LogP contribution in [0.15, 0.2) is 33.6 Å². The SMILES string of the molecule is NC(CSc1cccc(Br)c1)CC1CCC1. The zero-order valence-corrected chi connectivity index (χ0v) is 11.8. The van der Waals surface area contributed by atoms with Crippen LogP contribution in [0, 0.1) is 5.92 Å². The van der Waals surface area contributed by atoms with Crippen LogP contribution in [0.2, 0.25) is 0 Å². The number of rotatable bonds is 5. The number of halogens is 1. The summed E-state index contributed by atoms with van der Waals surface area (Å²) in [6, 6.07) is 8.78. The van der Waals surface area contributed by atoms with E-state index in [1.807, 2.05) is 11.8 Å². The summed E-state index contributed by atoms with van der Waals surface area (Å²) in [7, 11) is 0. The van der Waals surface area contributed by atoms with E-state index in [9.17, 15) is 0 Å². The van der Waals surface area contributed by atoms with Crippen LogP contribution in [0.5, 0.6) is 0 Å². The number of benzene rings is 1. The van der Waals surface area contributed by atoms with Crippen molar-refractivity contribution in [3.05, 3.63) is 28.7 Å². The Kier molecular flexibility index (Phi) is 4.74. The molecule has 1 saturated carbocycles. The van der Waals surface area contributed by atoms with Gasteiger partial charge in [0.05, 0.1) is 0 Å². The molecule has 2 N–H and O–H groups in total. The lowest BCUT2D eigenvalue weighted by molar-refractivity contribution is 0.282. The van der Waals surface area contributed by atoms with Crippen LogP contribution in [-0.4, -0.2) is 11.8 Å². The zero-order chi connectivity index (χ0) is 11.4. The van der Waals surface area contributed by atoms with Crippen molar-refractivity contribution in [3.63, 3.8) is 0 Å². The van der Waals surface area contributed by atoms with Gasteiger partial charge in [0, 0.05) is 21.2 Å². The Balaban J connectivity index is 1.73. The predicted octanol–water partition coefficient (Wildman–Crippen LogP) is 4.06. The Morgan fingerprint density at radius 2 is 2.25 bits per heavy atom. The van der Waals surface area contributed by atoms with Crippen molar-refractivity contribution in [3.8, 4) is 0 Å². The minimum atomic E-state index is 0.356. The second-order valence-electron chi connectivity index (χ2n) is 4.56. The van der Waals surface area contributed by atoms with Gasteiger partial charge < -0.3 is 5.73 Å².